The van der Waals surface area contributed by atoms with Crippen LogP contribution in [0.15, 0.2) is 52.3 Å². The van der Waals surface area contributed by atoms with Gasteiger partial charge < -0.3 is 15.7 Å². The van der Waals surface area contributed by atoms with Crippen molar-refractivity contribution in [1.29, 1.82) is 0 Å². The van der Waals surface area contributed by atoms with E-state index in [0.29, 0.717) is 5.69 Å². The van der Waals surface area contributed by atoms with Crippen LogP contribution >= 0.6 is 0 Å². The Kier molecular flexibility index (Phi) is 5.84. The molecule has 2 amide bonds. The second-order valence-corrected chi connectivity index (χ2v) is 6.40. The second kappa shape index (κ2) is 8.48. The minimum absolute atomic E-state index is 0.264. The molecule has 0 saturated carbocycles. The number of carbonyl (C=O) groups is 2. The monoisotopic (exact) mass is 397 g/mol. The Morgan fingerprint density at radius 1 is 1.28 bits per heavy atom. The van der Waals surface area contributed by atoms with Gasteiger partial charge in [0.15, 0.2) is 0 Å². The van der Waals surface area contributed by atoms with Crippen LogP contribution in [0.2, 0.25) is 0 Å². The molecular formula is C19H19N5O5. The highest BCUT2D eigenvalue weighted by atomic mass is 16.3. The molecule has 0 aliphatic carbocycles. The summed E-state index contributed by atoms with van der Waals surface area (Å²) >= 11 is 0. The number of pyridine rings is 1. The molecule has 2 aromatic heterocycles. The molecule has 3 aromatic rings. The first-order chi connectivity index (χ1) is 13.9. The van der Waals surface area contributed by atoms with E-state index in [1.54, 1.807) is 30.5 Å². The van der Waals surface area contributed by atoms with Crippen LogP contribution in [0.5, 0.6) is 0 Å². The van der Waals surface area contributed by atoms with Crippen molar-refractivity contribution in [2.24, 2.45) is 0 Å². The Morgan fingerprint density at radius 2 is 2.07 bits per heavy atom. The van der Waals surface area contributed by atoms with Crippen molar-refractivity contribution < 1.29 is 14.7 Å². The second-order valence-electron chi connectivity index (χ2n) is 6.40. The van der Waals surface area contributed by atoms with E-state index in [1.807, 2.05) is 6.07 Å². The number of aromatic amines is 1. The number of H-pyrrole nitrogens is 1. The normalized spacial score (nSPS) is 11.8. The summed E-state index contributed by atoms with van der Waals surface area (Å²) < 4.78 is 1.01. The topological polar surface area (TPSA) is 146 Å². The van der Waals surface area contributed by atoms with Crippen LogP contribution in [0.25, 0.3) is 10.9 Å². The molecule has 0 radical (unpaired) electrons. The predicted octanol–water partition coefficient (Wildman–Crippen LogP) is -0.491. The maximum Gasteiger partial charge on any atom is 0.328 e. The molecule has 3 rings (SSSR count). The summed E-state index contributed by atoms with van der Waals surface area (Å²) in [6, 6.07) is 7.51. The molecule has 0 saturated heterocycles. The molecule has 0 aliphatic rings. The fraction of sp³-hybridized carbons (Fsp3) is 0.211. The average Bonchev–Trinajstić information content (AvgIpc) is 2.70. The zero-order valence-corrected chi connectivity index (χ0v) is 15.5. The minimum Gasteiger partial charge on any atom is -0.394 e. The predicted molar refractivity (Wildman–Crippen MR) is 105 cm³/mol. The van der Waals surface area contributed by atoms with E-state index >= 15 is 0 Å². The highest BCUT2D eigenvalue weighted by Crippen LogP contribution is 2.17. The number of aromatic nitrogens is 3. The van der Waals surface area contributed by atoms with Crippen molar-refractivity contribution in [3.8, 4) is 0 Å². The quantitative estimate of drug-likeness (QED) is 0.441. The standard InChI is InChI=1S/C19H19N5O5/c1-11-8-24(19(29)23-17(11)27)9-16(26)22-15(10-25)18(28)21-13-4-5-14-12(7-13)3-2-6-20-14/h2-8,15,25H,9-10H2,1H3,(H,21,28)(H,22,26)(H,23,27,29). The van der Waals surface area contributed by atoms with Crippen LogP contribution in [0.1, 0.15) is 5.56 Å². The third kappa shape index (κ3) is 4.74. The van der Waals surface area contributed by atoms with Crippen molar-refractivity contribution in [3.63, 3.8) is 0 Å². The number of aliphatic hydroxyl groups excluding tert-OH is 1. The first-order valence-corrected chi connectivity index (χ1v) is 8.73. The molecule has 1 atom stereocenters. The van der Waals surface area contributed by atoms with Crippen LogP contribution in [-0.4, -0.2) is 44.1 Å². The number of benzene rings is 1. The van der Waals surface area contributed by atoms with Gasteiger partial charge in [-0.05, 0) is 31.2 Å². The van der Waals surface area contributed by atoms with Crippen molar-refractivity contribution in [1.82, 2.24) is 19.9 Å². The minimum atomic E-state index is -1.22. The van der Waals surface area contributed by atoms with Gasteiger partial charge in [0.25, 0.3) is 5.56 Å². The summed E-state index contributed by atoms with van der Waals surface area (Å²) in [7, 11) is 0. The first-order valence-electron chi connectivity index (χ1n) is 8.73. The molecule has 2 heterocycles. The number of hydrogen-bond donors (Lipinski definition) is 4. The average molecular weight is 397 g/mol. The lowest BCUT2D eigenvalue weighted by atomic mass is 10.2. The Hall–Kier alpha value is -3.79. The van der Waals surface area contributed by atoms with Crippen LogP contribution in [0.4, 0.5) is 5.69 Å². The number of hydrogen-bond acceptors (Lipinski definition) is 6. The summed E-state index contributed by atoms with van der Waals surface area (Å²) in [5, 5.41) is 15.3. The zero-order chi connectivity index (χ0) is 21.0. The summed E-state index contributed by atoms with van der Waals surface area (Å²) in [5.74, 6) is -1.29. The number of aryl methyl sites for hydroxylation is 1. The molecule has 1 unspecified atom stereocenters. The molecule has 10 nitrogen and oxygen atoms in total. The van der Waals surface area contributed by atoms with Crippen molar-refractivity contribution in [2.75, 3.05) is 11.9 Å². The molecule has 4 N–H and O–H groups in total. The Balaban J connectivity index is 1.67. The summed E-state index contributed by atoms with van der Waals surface area (Å²) in [4.78, 5) is 54.0. The van der Waals surface area contributed by atoms with Gasteiger partial charge >= 0.3 is 5.69 Å². The van der Waals surface area contributed by atoms with Crippen molar-refractivity contribution in [3.05, 3.63) is 69.1 Å². The molecular weight excluding hydrogens is 378 g/mol. The van der Waals surface area contributed by atoms with E-state index in [4.69, 9.17) is 0 Å². The largest absolute Gasteiger partial charge is 0.394 e. The molecule has 0 aliphatic heterocycles. The molecule has 150 valence electrons. The molecule has 0 spiro atoms. The fourth-order valence-electron chi connectivity index (χ4n) is 2.71. The number of amides is 2. The van der Waals surface area contributed by atoms with E-state index < -0.39 is 42.3 Å². The van der Waals surface area contributed by atoms with Crippen molar-refractivity contribution in [2.45, 2.75) is 19.5 Å². The number of nitrogens with zero attached hydrogens (tertiary/aromatic N) is 2. The lowest BCUT2D eigenvalue weighted by molar-refractivity contribution is -0.127. The first kappa shape index (κ1) is 20.0. The third-order valence-electron chi connectivity index (χ3n) is 4.21. The maximum absolute atomic E-state index is 12.4. The number of anilines is 1. The Morgan fingerprint density at radius 3 is 2.83 bits per heavy atom. The number of rotatable bonds is 6. The smallest absolute Gasteiger partial charge is 0.328 e. The SMILES string of the molecule is Cc1cn(CC(=O)NC(CO)C(=O)Nc2ccc3ncccc3c2)c(=O)[nH]c1=O. The van der Waals surface area contributed by atoms with Gasteiger partial charge in [-0.1, -0.05) is 6.07 Å². The van der Waals surface area contributed by atoms with Gasteiger partial charge in [-0.15, -0.1) is 0 Å². The van der Waals surface area contributed by atoms with Gasteiger partial charge in [0, 0.05) is 29.0 Å². The van der Waals surface area contributed by atoms with Crippen LogP contribution in [-0.2, 0) is 16.1 Å². The van der Waals surface area contributed by atoms with Gasteiger partial charge in [0.2, 0.25) is 11.8 Å². The molecule has 1 aromatic carbocycles. The molecule has 0 bridgehead atoms. The summed E-state index contributed by atoms with van der Waals surface area (Å²) in [6.45, 7) is 0.448. The van der Waals surface area contributed by atoms with E-state index in [-0.39, 0.29) is 5.56 Å². The molecule has 0 fully saturated rings. The van der Waals surface area contributed by atoms with Gasteiger partial charge in [-0.2, -0.15) is 0 Å². The fourth-order valence-corrected chi connectivity index (χ4v) is 2.71. The van der Waals surface area contributed by atoms with Crippen LogP contribution in [0, 0.1) is 6.92 Å². The number of aliphatic hydroxyl groups is 1. The van der Waals surface area contributed by atoms with Gasteiger partial charge in [0.1, 0.15) is 12.6 Å². The highest BCUT2D eigenvalue weighted by Gasteiger charge is 2.20. The molecule has 29 heavy (non-hydrogen) atoms. The third-order valence-corrected chi connectivity index (χ3v) is 4.21. The van der Waals surface area contributed by atoms with Crippen molar-refractivity contribution >= 4 is 28.4 Å². The van der Waals surface area contributed by atoms with Crippen LogP contribution < -0.4 is 21.9 Å². The Labute approximate surface area is 164 Å². The number of carbonyl (C=O) groups excluding carboxylic acids is 2. The van der Waals surface area contributed by atoms with E-state index in [1.165, 1.54) is 13.1 Å². The Bertz CT molecular complexity index is 1180. The zero-order valence-electron chi connectivity index (χ0n) is 15.5. The highest BCUT2D eigenvalue weighted by molar-refractivity contribution is 5.98. The molecule has 10 heteroatoms. The lowest BCUT2D eigenvalue weighted by Gasteiger charge is -2.17. The van der Waals surface area contributed by atoms with E-state index in [0.717, 1.165) is 15.5 Å². The number of nitrogens with one attached hydrogen (secondary N) is 3. The van der Waals surface area contributed by atoms with Crippen LogP contribution in [0.3, 0.4) is 0 Å². The van der Waals surface area contributed by atoms with Gasteiger partial charge in [-0.3, -0.25) is 28.9 Å². The van der Waals surface area contributed by atoms with Gasteiger partial charge in [0.05, 0.1) is 12.1 Å². The summed E-state index contributed by atoms with van der Waals surface area (Å²) in [5.41, 5.74) is 0.227. The number of fused-ring (bicyclic) bond motifs is 1. The maximum atomic E-state index is 12.4. The lowest BCUT2D eigenvalue weighted by Crippen LogP contribution is -2.48. The van der Waals surface area contributed by atoms with E-state index in [2.05, 4.69) is 20.6 Å². The summed E-state index contributed by atoms with van der Waals surface area (Å²) in [6.07, 6.45) is 2.91. The van der Waals surface area contributed by atoms with Gasteiger partial charge in [-0.25, -0.2) is 4.79 Å². The van der Waals surface area contributed by atoms with E-state index in [9.17, 15) is 24.3 Å².